The Kier molecular flexibility index (Phi) is 6.37. The Hall–Kier alpha value is -0.540. The lowest BCUT2D eigenvalue weighted by atomic mass is 10.0. The molecule has 1 atom stereocenters. The molecule has 0 heterocycles. The topological polar surface area (TPSA) is 32.3 Å². The third-order valence-corrected chi connectivity index (χ3v) is 4.92. The maximum atomic E-state index is 10.0. The number of rotatable bonds is 7. The van der Waals surface area contributed by atoms with E-state index in [9.17, 15) is 5.11 Å². The highest BCUT2D eigenvalue weighted by Crippen LogP contribution is 2.30. The van der Waals surface area contributed by atoms with Crippen molar-refractivity contribution in [1.29, 1.82) is 0 Å². The van der Waals surface area contributed by atoms with Gasteiger partial charge in [0, 0.05) is 16.1 Å². The third kappa shape index (κ3) is 4.49. The highest BCUT2D eigenvalue weighted by atomic mass is 79.9. The van der Waals surface area contributed by atoms with E-state index >= 15 is 0 Å². The first kappa shape index (κ1) is 15.8. The molecule has 20 heavy (non-hydrogen) atoms. The van der Waals surface area contributed by atoms with Crippen LogP contribution in [0.15, 0.2) is 22.7 Å². The molecule has 0 bridgehead atoms. The largest absolute Gasteiger partial charge is 0.508 e. The van der Waals surface area contributed by atoms with E-state index in [2.05, 4.69) is 28.2 Å². The summed E-state index contributed by atoms with van der Waals surface area (Å²) in [6.07, 6.45) is 9.33. The predicted molar refractivity (Wildman–Crippen MR) is 88.0 cm³/mol. The standard InChI is InChI=1S/C17H26BrNO/c1-2-16(15-12-14(18)9-10-17(15)20)19-11-5-8-13-6-3-4-7-13/h9-10,12-13,16,19-20H,2-8,11H2,1H3. The van der Waals surface area contributed by atoms with Crippen molar-refractivity contribution in [3.05, 3.63) is 28.2 Å². The summed E-state index contributed by atoms with van der Waals surface area (Å²) >= 11 is 3.48. The molecule has 0 spiro atoms. The molecule has 0 aliphatic heterocycles. The molecule has 2 N–H and O–H groups in total. The van der Waals surface area contributed by atoms with E-state index in [1.807, 2.05) is 12.1 Å². The van der Waals surface area contributed by atoms with Crippen molar-refractivity contribution in [3.63, 3.8) is 0 Å². The van der Waals surface area contributed by atoms with Crippen LogP contribution in [0.25, 0.3) is 0 Å². The lowest BCUT2D eigenvalue weighted by molar-refractivity contribution is 0.423. The predicted octanol–water partition coefficient (Wildman–Crippen LogP) is 5.17. The number of benzene rings is 1. The second-order valence-corrected chi connectivity index (χ2v) is 6.83. The van der Waals surface area contributed by atoms with E-state index in [1.165, 1.54) is 38.5 Å². The zero-order valence-electron chi connectivity index (χ0n) is 12.4. The van der Waals surface area contributed by atoms with Crippen LogP contribution in [-0.2, 0) is 0 Å². The molecule has 0 amide bonds. The zero-order chi connectivity index (χ0) is 14.4. The van der Waals surface area contributed by atoms with Crippen LogP contribution in [0, 0.1) is 5.92 Å². The van der Waals surface area contributed by atoms with Crippen LogP contribution >= 0.6 is 15.9 Å². The average molecular weight is 340 g/mol. The van der Waals surface area contributed by atoms with Crippen molar-refractivity contribution < 1.29 is 5.11 Å². The molecular weight excluding hydrogens is 314 g/mol. The number of phenols is 1. The highest BCUT2D eigenvalue weighted by Gasteiger charge is 2.16. The minimum Gasteiger partial charge on any atom is -0.508 e. The normalized spacial score (nSPS) is 17.5. The summed E-state index contributed by atoms with van der Waals surface area (Å²) < 4.78 is 1.02. The maximum absolute atomic E-state index is 10.0. The number of nitrogens with one attached hydrogen (secondary N) is 1. The van der Waals surface area contributed by atoms with Crippen LogP contribution in [0.4, 0.5) is 0 Å². The molecule has 1 aliphatic rings. The van der Waals surface area contributed by atoms with Crippen LogP contribution < -0.4 is 5.32 Å². The van der Waals surface area contributed by atoms with Gasteiger partial charge in [-0.15, -0.1) is 0 Å². The van der Waals surface area contributed by atoms with Gasteiger partial charge < -0.3 is 10.4 Å². The first-order chi connectivity index (χ1) is 9.70. The number of phenolic OH excluding ortho intramolecular Hbond substituents is 1. The van der Waals surface area contributed by atoms with Gasteiger partial charge in [-0.1, -0.05) is 48.5 Å². The molecule has 0 radical (unpaired) electrons. The molecule has 3 heteroatoms. The Bertz CT molecular complexity index is 415. The van der Waals surface area contributed by atoms with Crippen molar-refractivity contribution in [1.82, 2.24) is 5.32 Å². The minimum absolute atomic E-state index is 0.246. The molecular formula is C17H26BrNO. The number of hydrogen-bond acceptors (Lipinski definition) is 2. The van der Waals surface area contributed by atoms with E-state index in [0.29, 0.717) is 5.75 Å². The van der Waals surface area contributed by atoms with Gasteiger partial charge in [-0.25, -0.2) is 0 Å². The summed E-state index contributed by atoms with van der Waals surface area (Å²) in [6, 6.07) is 5.91. The summed E-state index contributed by atoms with van der Waals surface area (Å²) in [5.41, 5.74) is 1.00. The molecule has 1 saturated carbocycles. The third-order valence-electron chi connectivity index (χ3n) is 4.43. The summed E-state index contributed by atoms with van der Waals surface area (Å²) in [4.78, 5) is 0. The van der Waals surface area contributed by atoms with Gasteiger partial charge in [0.05, 0.1) is 0 Å². The highest BCUT2D eigenvalue weighted by molar-refractivity contribution is 9.10. The van der Waals surface area contributed by atoms with E-state index in [-0.39, 0.29) is 6.04 Å². The van der Waals surface area contributed by atoms with Crippen molar-refractivity contribution in [2.75, 3.05) is 6.54 Å². The first-order valence-corrected chi connectivity index (χ1v) is 8.71. The van der Waals surface area contributed by atoms with Crippen LogP contribution in [0.1, 0.15) is 63.5 Å². The quantitative estimate of drug-likeness (QED) is 0.672. The van der Waals surface area contributed by atoms with E-state index in [0.717, 1.165) is 28.9 Å². The molecule has 1 unspecified atom stereocenters. The van der Waals surface area contributed by atoms with Crippen LogP contribution in [0.2, 0.25) is 0 Å². The lowest BCUT2D eigenvalue weighted by Gasteiger charge is -2.19. The van der Waals surface area contributed by atoms with Gasteiger partial charge in [0.1, 0.15) is 5.75 Å². The Labute approximate surface area is 131 Å². The van der Waals surface area contributed by atoms with E-state index in [4.69, 9.17) is 0 Å². The molecule has 1 fully saturated rings. The van der Waals surface area contributed by atoms with Gasteiger partial charge >= 0.3 is 0 Å². The Balaban J connectivity index is 1.80. The molecule has 1 aliphatic carbocycles. The van der Waals surface area contributed by atoms with E-state index < -0.39 is 0 Å². The number of aromatic hydroxyl groups is 1. The first-order valence-electron chi connectivity index (χ1n) is 7.92. The minimum atomic E-state index is 0.246. The van der Waals surface area contributed by atoms with Crippen molar-refractivity contribution in [2.45, 2.75) is 57.9 Å². The van der Waals surface area contributed by atoms with Gasteiger partial charge in [-0.2, -0.15) is 0 Å². The van der Waals surface area contributed by atoms with Crippen LogP contribution in [-0.4, -0.2) is 11.7 Å². The van der Waals surface area contributed by atoms with Crippen molar-refractivity contribution in [2.24, 2.45) is 5.92 Å². The molecule has 1 aromatic carbocycles. The fraction of sp³-hybridized carbons (Fsp3) is 0.647. The molecule has 2 rings (SSSR count). The van der Waals surface area contributed by atoms with Crippen LogP contribution in [0.3, 0.4) is 0 Å². The number of hydrogen-bond donors (Lipinski definition) is 2. The SMILES string of the molecule is CCC(NCCCC1CCCC1)c1cc(Br)ccc1O. The fourth-order valence-corrected chi connectivity index (χ4v) is 3.62. The van der Waals surface area contributed by atoms with E-state index in [1.54, 1.807) is 6.07 Å². The Morgan fingerprint density at radius 2 is 2.10 bits per heavy atom. The van der Waals surface area contributed by atoms with Crippen LogP contribution in [0.5, 0.6) is 5.75 Å². The molecule has 0 saturated heterocycles. The summed E-state index contributed by atoms with van der Waals surface area (Å²) in [7, 11) is 0. The fourth-order valence-electron chi connectivity index (χ4n) is 3.24. The van der Waals surface area contributed by atoms with Gasteiger partial charge in [-0.3, -0.25) is 0 Å². The monoisotopic (exact) mass is 339 g/mol. The van der Waals surface area contributed by atoms with Gasteiger partial charge in [0.15, 0.2) is 0 Å². The molecule has 0 aromatic heterocycles. The molecule has 112 valence electrons. The average Bonchev–Trinajstić information content (AvgIpc) is 2.95. The second kappa shape index (κ2) is 8.04. The second-order valence-electron chi connectivity index (χ2n) is 5.91. The van der Waals surface area contributed by atoms with Crippen molar-refractivity contribution >= 4 is 15.9 Å². The number of halogens is 1. The Morgan fingerprint density at radius 1 is 1.35 bits per heavy atom. The Morgan fingerprint density at radius 3 is 2.80 bits per heavy atom. The van der Waals surface area contributed by atoms with Gasteiger partial charge in [-0.05, 0) is 49.9 Å². The van der Waals surface area contributed by atoms with Gasteiger partial charge in [0.25, 0.3) is 0 Å². The van der Waals surface area contributed by atoms with Gasteiger partial charge in [0.2, 0.25) is 0 Å². The maximum Gasteiger partial charge on any atom is 0.120 e. The smallest absolute Gasteiger partial charge is 0.120 e. The lowest BCUT2D eigenvalue weighted by Crippen LogP contribution is -2.22. The van der Waals surface area contributed by atoms with Crippen molar-refractivity contribution in [3.8, 4) is 5.75 Å². The molecule has 2 nitrogen and oxygen atoms in total. The molecule has 1 aromatic rings. The zero-order valence-corrected chi connectivity index (χ0v) is 14.0. The summed E-state index contributed by atoms with van der Waals surface area (Å²) in [5, 5.41) is 13.6. The summed E-state index contributed by atoms with van der Waals surface area (Å²) in [5.74, 6) is 1.36. The summed E-state index contributed by atoms with van der Waals surface area (Å²) in [6.45, 7) is 3.20.